The topological polar surface area (TPSA) is 67.9 Å². The molecule has 0 atom stereocenters. The Labute approximate surface area is 169 Å². The van der Waals surface area contributed by atoms with Gasteiger partial charge in [0, 0.05) is 17.6 Å². The highest BCUT2D eigenvalue weighted by atomic mass is 32.2. The molecule has 0 aromatic heterocycles. The highest BCUT2D eigenvalue weighted by molar-refractivity contribution is 8.00. The fourth-order valence-corrected chi connectivity index (χ4v) is 3.60. The van der Waals surface area contributed by atoms with E-state index in [2.05, 4.69) is 5.32 Å². The van der Waals surface area contributed by atoms with Gasteiger partial charge in [0.05, 0.1) is 12.3 Å². The highest BCUT2D eigenvalue weighted by Crippen LogP contribution is 2.34. The third kappa shape index (κ3) is 5.19. The summed E-state index contributed by atoms with van der Waals surface area (Å²) in [7, 11) is 1.63. The fraction of sp³-hybridized carbons (Fsp3) is 0.333. The van der Waals surface area contributed by atoms with Crippen LogP contribution in [0.4, 0.5) is 5.69 Å². The first-order valence-corrected chi connectivity index (χ1v) is 10.0. The summed E-state index contributed by atoms with van der Waals surface area (Å²) in [5.41, 5.74) is 2.83. The van der Waals surface area contributed by atoms with Gasteiger partial charge in [-0.05, 0) is 49.2 Å². The number of aryl methyl sites for hydroxylation is 2. The average Bonchev–Trinajstić information content (AvgIpc) is 2.68. The number of amides is 2. The van der Waals surface area contributed by atoms with Gasteiger partial charge in [-0.25, -0.2) is 0 Å². The molecule has 1 aliphatic heterocycles. The summed E-state index contributed by atoms with van der Waals surface area (Å²) in [6.45, 7) is 4.99. The molecule has 148 valence electrons. The van der Waals surface area contributed by atoms with E-state index in [0.717, 1.165) is 27.5 Å². The second-order valence-electron chi connectivity index (χ2n) is 6.71. The van der Waals surface area contributed by atoms with Gasteiger partial charge in [-0.15, -0.1) is 11.8 Å². The molecular weight excluding hydrogens is 376 g/mol. The molecule has 0 saturated carbocycles. The van der Waals surface area contributed by atoms with Crippen LogP contribution in [0.1, 0.15) is 11.1 Å². The number of hydrogen-bond acceptors (Lipinski definition) is 5. The van der Waals surface area contributed by atoms with Crippen LogP contribution in [0.5, 0.6) is 11.5 Å². The van der Waals surface area contributed by atoms with Crippen LogP contribution in [-0.4, -0.2) is 49.3 Å². The molecule has 3 rings (SSSR count). The number of ether oxygens (including phenoxy) is 2. The van der Waals surface area contributed by atoms with Gasteiger partial charge < -0.3 is 19.7 Å². The van der Waals surface area contributed by atoms with Crippen LogP contribution in [0.3, 0.4) is 0 Å². The predicted octanol–water partition coefficient (Wildman–Crippen LogP) is 3.26. The first-order valence-electron chi connectivity index (χ1n) is 9.06. The molecule has 0 bridgehead atoms. The Kier molecular flexibility index (Phi) is 6.46. The maximum Gasteiger partial charge on any atom is 0.243 e. The first-order chi connectivity index (χ1) is 13.4. The Morgan fingerprint density at radius 2 is 1.82 bits per heavy atom. The number of thioether (sulfide) groups is 1. The van der Waals surface area contributed by atoms with Gasteiger partial charge in [-0.1, -0.05) is 12.1 Å². The maximum absolute atomic E-state index is 12.4. The summed E-state index contributed by atoms with van der Waals surface area (Å²) < 4.78 is 11.1. The molecule has 1 heterocycles. The van der Waals surface area contributed by atoms with Crippen molar-refractivity contribution in [2.24, 2.45) is 0 Å². The number of nitrogens with one attached hydrogen (secondary N) is 1. The van der Waals surface area contributed by atoms with Crippen molar-refractivity contribution in [2.45, 2.75) is 18.7 Å². The zero-order valence-corrected chi connectivity index (χ0v) is 17.1. The zero-order valence-electron chi connectivity index (χ0n) is 16.3. The normalized spacial score (nSPS) is 12.4. The number of benzene rings is 2. The molecule has 7 heteroatoms. The van der Waals surface area contributed by atoms with Crippen LogP contribution in [0.25, 0.3) is 0 Å². The molecule has 2 aromatic carbocycles. The monoisotopic (exact) mass is 400 g/mol. The van der Waals surface area contributed by atoms with Crippen LogP contribution in [-0.2, 0) is 9.59 Å². The molecule has 0 fully saturated rings. The Hall–Kier alpha value is -2.67. The average molecular weight is 401 g/mol. The van der Waals surface area contributed by atoms with Crippen molar-refractivity contribution in [3.05, 3.63) is 47.5 Å². The molecule has 1 N–H and O–H groups in total. The van der Waals surface area contributed by atoms with Gasteiger partial charge in [0.1, 0.15) is 13.2 Å². The Bertz CT molecular complexity index is 885. The van der Waals surface area contributed by atoms with Gasteiger partial charge >= 0.3 is 0 Å². The Balaban J connectivity index is 1.50. The molecule has 0 spiro atoms. The lowest BCUT2D eigenvalue weighted by Gasteiger charge is -2.19. The van der Waals surface area contributed by atoms with Gasteiger partial charge in [0.15, 0.2) is 11.5 Å². The molecule has 2 amide bonds. The number of fused-ring (bicyclic) bond motifs is 1. The zero-order chi connectivity index (χ0) is 20.1. The van der Waals surface area contributed by atoms with E-state index in [1.807, 2.05) is 50.2 Å². The minimum absolute atomic E-state index is 0.00785. The lowest BCUT2D eigenvalue weighted by Crippen LogP contribution is -2.36. The van der Waals surface area contributed by atoms with Crippen molar-refractivity contribution >= 4 is 29.3 Å². The second-order valence-corrected chi connectivity index (χ2v) is 7.76. The third-order valence-electron chi connectivity index (χ3n) is 4.35. The minimum atomic E-state index is -0.214. The standard InChI is InChI=1S/C21H24N2O4S/c1-14-4-5-15(2)17(10-14)22-20(24)12-23(3)21(25)13-28-16-6-7-18-19(11-16)27-9-8-26-18/h4-7,10-11H,8-9,12-13H2,1-3H3,(H,22,24). The number of nitrogens with zero attached hydrogens (tertiary/aromatic N) is 1. The Morgan fingerprint density at radius 1 is 1.07 bits per heavy atom. The molecule has 0 unspecified atom stereocenters. The molecular formula is C21H24N2O4S. The third-order valence-corrected chi connectivity index (χ3v) is 5.33. The number of carbonyl (C=O) groups is 2. The molecule has 0 aliphatic carbocycles. The molecule has 28 heavy (non-hydrogen) atoms. The molecule has 1 aliphatic rings. The van der Waals surface area contributed by atoms with E-state index < -0.39 is 0 Å². The SMILES string of the molecule is Cc1ccc(C)c(NC(=O)CN(C)C(=O)CSc2ccc3c(c2)OCCO3)c1. The van der Waals surface area contributed by atoms with E-state index in [4.69, 9.17) is 9.47 Å². The number of anilines is 1. The predicted molar refractivity (Wildman–Crippen MR) is 110 cm³/mol. The second kappa shape index (κ2) is 9.01. The van der Waals surface area contributed by atoms with Crippen LogP contribution < -0.4 is 14.8 Å². The van der Waals surface area contributed by atoms with Crippen molar-refractivity contribution in [3.63, 3.8) is 0 Å². The lowest BCUT2D eigenvalue weighted by molar-refractivity contribution is -0.131. The summed E-state index contributed by atoms with van der Waals surface area (Å²) in [6, 6.07) is 11.5. The molecule has 0 radical (unpaired) electrons. The van der Waals surface area contributed by atoms with Gasteiger partial charge in [-0.2, -0.15) is 0 Å². The van der Waals surface area contributed by atoms with Crippen LogP contribution in [0, 0.1) is 13.8 Å². The van der Waals surface area contributed by atoms with Crippen molar-refractivity contribution < 1.29 is 19.1 Å². The molecule has 6 nitrogen and oxygen atoms in total. The maximum atomic E-state index is 12.4. The molecule has 2 aromatic rings. The first kappa shape index (κ1) is 20.1. The number of rotatable bonds is 6. The quantitative estimate of drug-likeness (QED) is 0.754. The van der Waals surface area contributed by atoms with E-state index in [1.54, 1.807) is 7.05 Å². The largest absolute Gasteiger partial charge is 0.486 e. The summed E-state index contributed by atoms with van der Waals surface area (Å²) in [6.07, 6.45) is 0. The highest BCUT2D eigenvalue weighted by Gasteiger charge is 2.16. The fourth-order valence-electron chi connectivity index (χ4n) is 2.73. The Morgan fingerprint density at radius 3 is 2.61 bits per heavy atom. The van der Waals surface area contributed by atoms with Crippen molar-refractivity contribution in [1.82, 2.24) is 4.90 Å². The summed E-state index contributed by atoms with van der Waals surface area (Å²) in [4.78, 5) is 27.0. The van der Waals surface area contributed by atoms with Crippen molar-refractivity contribution in [1.29, 1.82) is 0 Å². The van der Waals surface area contributed by atoms with Crippen molar-refractivity contribution in [2.75, 3.05) is 37.9 Å². The van der Waals surface area contributed by atoms with E-state index >= 15 is 0 Å². The van der Waals surface area contributed by atoms with Gasteiger partial charge in [-0.3, -0.25) is 9.59 Å². The van der Waals surface area contributed by atoms with E-state index in [9.17, 15) is 9.59 Å². The van der Waals surface area contributed by atoms with Crippen molar-refractivity contribution in [3.8, 4) is 11.5 Å². The van der Waals surface area contributed by atoms with E-state index in [-0.39, 0.29) is 24.1 Å². The van der Waals surface area contributed by atoms with E-state index in [0.29, 0.717) is 19.0 Å². The number of carbonyl (C=O) groups excluding carboxylic acids is 2. The number of likely N-dealkylation sites (N-methyl/N-ethyl adjacent to an activating group) is 1. The van der Waals surface area contributed by atoms with Crippen LogP contribution in [0.2, 0.25) is 0 Å². The smallest absolute Gasteiger partial charge is 0.243 e. The van der Waals surface area contributed by atoms with Gasteiger partial charge in [0.2, 0.25) is 11.8 Å². The lowest BCUT2D eigenvalue weighted by atomic mass is 10.1. The summed E-state index contributed by atoms with van der Waals surface area (Å²) in [5.74, 6) is 1.34. The minimum Gasteiger partial charge on any atom is -0.486 e. The van der Waals surface area contributed by atoms with Crippen LogP contribution in [0.15, 0.2) is 41.3 Å². The van der Waals surface area contributed by atoms with Gasteiger partial charge in [0.25, 0.3) is 0 Å². The number of hydrogen-bond donors (Lipinski definition) is 1. The summed E-state index contributed by atoms with van der Waals surface area (Å²) >= 11 is 1.41. The van der Waals surface area contributed by atoms with Crippen LogP contribution >= 0.6 is 11.8 Å². The van der Waals surface area contributed by atoms with E-state index in [1.165, 1.54) is 16.7 Å². The molecule has 0 saturated heterocycles. The summed E-state index contributed by atoms with van der Waals surface area (Å²) in [5, 5.41) is 2.87.